The van der Waals surface area contributed by atoms with Gasteiger partial charge in [0.15, 0.2) is 12.0 Å². The fraction of sp³-hybridized carbons (Fsp3) is 0.421. The van der Waals surface area contributed by atoms with E-state index in [0.29, 0.717) is 0 Å². The van der Waals surface area contributed by atoms with Gasteiger partial charge in [0, 0.05) is 32.4 Å². The average molecular weight is 405 g/mol. The summed E-state index contributed by atoms with van der Waals surface area (Å²) in [6, 6.07) is 1.03. The molecule has 0 bridgehead atoms. The van der Waals surface area contributed by atoms with Gasteiger partial charge in [0.2, 0.25) is 11.8 Å². The Hall–Kier alpha value is -3.17. The largest absolute Gasteiger partial charge is 0.369 e. The minimum Gasteiger partial charge on any atom is -0.369 e. The van der Waals surface area contributed by atoms with Gasteiger partial charge in [-0.25, -0.2) is 8.78 Å². The van der Waals surface area contributed by atoms with Crippen molar-refractivity contribution in [2.45, 2.75) is 37.4 Å². The van der Waals surface area contributed by atoms with Crippen molar-refractivity contribution in [2.75, 3.05) is 18.0 Å². The molecular formula is C19H17F2N3O5. The van der Waals surface area contributed by atoms with Gasteiger partial charge in [0.25, 0.3) is 11.8 Å². The molecule has 0 spiro atoms. The molecule has 3 heterocycles. The van der Waals surface area contributed by atoms with Gasteiger partial charge in [-0.05, 0) is 18.6 Å². The normalized spacial score (nSPS) is 23.9. The molecule has 3 aliphatic heterocycles. The Balaban J connectivity index is 1.62. The van der Waals surface area contributed by atoms with Crippen molar-refractivity contribution in [3.63, 3.8) is 0 Å². The fourth-order valence-corrected chi connectivity index (χ4v) is 3.96. The highest BCUT2D eigenvalue weighted by Crippen LogP contribution is 2.35. The molecular weight excluding hydrogens is 388 g/mol. The number of rotatable bonds is 3. The third-order valence-corrected chi connectivity index (χ3v) is 5.65. The van der Waals surface area contributed by atoms with Crippen molar-refractivity contribution in [1.82, 2.24) is 10.2 Å². The van der Waals surface area contributed by atoms with Crippen molar-refractivity contribution in [1.29, 1.82) is 0 Å². The van der Waals surface area contributed by atoms with E-state index in [0.717, 1.165) is 11.0 Å². The smallest absolute Gasteiger partial charge is 0.262 e. The highest BCUT2D eigenvalue weighted by atomic mass is 19.1. The van der Waals surface area contributed by atoms with Crippen LogP contribution in [0.2, 0.25) is 0 Å². The maximum atomic E-state index is 14.7. The van der Waals surface area contributed by atoms with E-state index >= 15 is 0 Å². The number of anilines is 1. The Kier molecular flexibility index (Phi) is 4.44. The monoisotopic (exact) mass is 405 g/mol. The van der Waals surface area contributed by atoms with Crippen LogP contribution in [-0.4, -0.2) is 59.6 Å². The maximum Gasteiger partial charge on any atom is 0.262 e. The second kappa shape index (κ2) is 6.71. The Labute approximate surface area is 163 Å². The number of aldehydes is 1. The van der Waals surface area contributed by atoms with Gasteiger partial charge in [0.1, 0.15) is 11.9 Å². The van der Waals surface area contributed by atoms with E-state index in [1.807, 2.05) is 0 Å². The predicted molar refractivity (Wildman–Crippen MR) is 94.4 cm³/mol. The molecule has 1 aromatic carbocycles. The van der Waals surface area contributed by atoms with Crippen LogP contribution in [0.4, 0.5) is 14.5 Å². The van der Waals surface area contributed by atoms with Crippen LogP contribution in [0.1, 0.15) is 46.4 Å². The summed E-state index contributed by atoms with van der Waals surface area (Å²) in [6.45, 7) is 0.147. The third kappa shape index (κ3) is 3.08. The molecule has 1 N–H and O–H groups in total. The molecule has 152 valence electrons. The first-order chi connectivity index (χ1) is 13.7. The van der Waals surface area contributed by atoms with Crippen LogP contribution in [-0.2, 0) is 14.4 Å². The van der Waals surface area contributed by atoms with Crippen LogP contribution in [0.15, 0.2) is 12.1 Å². The van der Waals surface area contributed by atoms with Gasteiger partial charge in [0.05, 0.1) is 16.8 Å². The fourth-order valence-electron chi connectivity index (χ4n) is 3.96. The highest BCUT2D eigenvalue weighted by Gasteiger charge is 2.45. The Morgan fingerprint density at radius 3 is 2.28 bits per heavy atom. The lowest BCUT2D eigenvalue weighted by Gasteiger charge is -2.35. The van der Waals surface area contributed by atoms with Gasteiger partial charge in [-0.1, -0.05) is 0 Å². The molecule has 29 heavy (non-hydrogen) atoms. The van der Waals surface area contributed by atoms with Crippen molar-refractivity contribution in [3.05, 3.63) is 29.1 Å². The lowest BCUT2D eigenvalue weighted by Crippen LogP contribution is -2.54. The van der Waals surface area contributed by atoms with Crippen LogP contribution in [0.25, 0.3) is 0 Å². The predicted octanol–water partition coefficient (Wildman–Crippen LogP) is 0.734. The number of nitrogens with zero attached hydrogens (tertiary/aromatic N) is 2. The maximum absolute atomic E-state index is 14.7. The quantitative estimate of drug-likeness (QED) is 0.588. The number of imide groups is 2. The summed E-state index contributed by atoms with van der Waals surface area (Å²) < 4.78 is 28.8. The molecule has 4 amide bonds. The summed E-state index contributed by atoms with van der Waals surface area (Å²) in [5.41, 5.74) is -2.13. The number of nitrogens with one attached hydrogen (secondary N) is 1. The number of alkyl halides is 1. The molecule has 0 saturated carbocycles. The van der Waals surface area contributed by atoms with Gasteiger partial charge in [-0.3, -0.25) is 34.2 Å². The van der Waals surface area contributed by atoms with Gasteiger partial charge in [-0.15, -0.1) is 0 Å². The molecule has 0 aliphatic carbocycles. The van der Waals surface area contributed by atoms with Crippen molar-refractivity contribution in [3.8, 4) is 0 Å². The molecule has 0 radical (unpaired) electrons. The van der Waals surface area contributed by atoms with E-state index in [-0.39, 0.29) is 61.9 Å². The number of halogens is 2. The van der Waals surface area contributed by atoms with Crippen molar-refractivity contribution < 1.29 is 32.8 Å². The number of carbonyl (C=O) groups is 5. The molecule has 4 rings (SSSR count). The molecule has 8 nitrogen and oxygen atoms in total. The van der Waals surface area contributed by atoms with Crippen molar-refractivity contribution in [2.24, 2.45) is 0 Å². The number of piperidine rings is 2. The Bertz CT molecular complexity index is 955. The number of hydrogen-bond donors (Lipinski definition) is 1. The van der Waals surface area contributed by atoms with E-state index in [1.54, 1.807) is 0 Å². The minimum atomic E-state index is -1.95. The molecule has 0 aromatic heterocycles. The second-order valence-corrected chi connectivity index (χ2v) is 7.44. The molecule has 1 atom stereocenters. The summed E-state index contributed by atoms with van der Waals surface area (Å²) in [4.78, 5) is 62.0. The highest BCUT2D eigenvalue weighted by molar-refractivity contribution is 6.23. The molecule has 10 heteroatoms. The summed E-state index contributed by atoms with van der Waals surface area (Å²) in [6.07, 6.45) is 0.0226. The third-order valence-electron chi connectivity index (χ3n) is 5.65. The first-order valence-corrected chi connectivity index (χ1v) is 9.19. The number of hydrogen-bond acceptors (Lipinski definition) is 6. The summed E-state index contributed by atoms with van der Waals surface area (Å²) in [5.74, 6) is -3.54. The minimum absolute atomic E-state index is 0.00186. The second-order valence-electron chi connectivity index (χ2n) is 7.44. The zero-order chi connectivity index (χ0) is 20.9. The zero-order valence-corrected chi connectivity index (χ0v) is 15.2. The molecule has 3 aliphatic rings. The average Bonchev–Trinajstić information content (AvgIpc) is 2.92. The summed E-state index contributed by atoms with van der Waals surface area (Å²) in [7, 11) is 0. The molecule has 2 fully saturated rings. The Morgan fingerprint density at radius 2 is 1.69 bits per heavy atom. The molecule has 1 aromatic rings. The van der Waals surface area contributed by atoms with Crippen LogP contribution >= 0.6 is 0 Å². The lowest BCUT2D eigenvalue weighted by atomic mass is 9.94. The number of fused-ring (bicyclic) bond motifs is 1. The van der Waals surface area contributed by atoms with E-state index in [4.69, 9.17) is 0 Å². The number of carbonyl (C=O) groups excluding carboxylic acids is 5. The van der Waals surface area contributed by atoms with Crippen LogP contribution in [0.3, 0.4) is 0 Å². The Morgan fingerprint density at radius 1 is 1.07 bits per heavy atom. The van der Waals surface area contributed by atoms with Crippen LogP contribution in [0.5, 0.6) is 0 Å². The number of amides is 4. The van der Waals surface area contributed by atoms with Crippen LogP contribution < -0.4 is 10.2 Å². The molecule has 2 saturated heterocycles. The standard InChI is InChI=1S/C19H17F2N3O5/c20-12-7-10-11(8-14(12)23-5-3-19(21,9-25)4-6-23)18(29)24(17(10)28)13-1-2-15(26)22-16(13)27/h7-9,13H,1-6H2,(H,22,26,27). The SMILES string of the molecule is O=CC1(F)CCN(c2cc3c(cc2F)C(=O)N(C2CCC(=O)NC2=O)C3=O)CC1. The first kappa shape index (κ1) is 19.2. The van der Waals surface area contributed by atoms with E-state index in [9.17, 15) is 32.8 Å². The summed E-state index contributed by atoms with van der Waals surface area (Å²) >= 11 is 0. The lowest BCUT2D eigenvalue weighted by molar-refractivity contribution is -0.136. The van der Waals surface area contributed by atoms with Gasteiger partial charge < -0.3 is 4.90 Å². The topological polar surface area (TPSA) is 104 Å². The van der Waals surface area contributed by atoms with E-state index in [2.05, 4.69) is 5.32 Å². The van der Waals surface area contributed by atoms with E-state index < -0.39 is 41.2 Å². The van der Waals surface area contributed by atoms with Crippen LogP contribution in [0, 0.1) is 5.82 Å². The summed E-state index contributed by atoms with van der Waals surface area (Å²) in [5, 5.41) is 2.09. The zero-order valence-electron chi connectivity index (χ0n) is 15.2. The van der Waals surface area contributed by atoms with Gasteiger partial charge in [-0.2, -0.15) is 0 Å². The van der Waals surface area contributed by atoms with Crippen molar-refractivity contribution >= 4 is 35.6 Å². The van der Waals surface area contributed by atoms with E-state index in [1.165, 1.54) is 11.0 Å². The van der Waals surface area contributed by atoms with Gasteiger partial charge >= 0.3 is 0 Å². The number of benzene rings is 1. The molecule has 1 unspecified atom stereocenters. The first-order valence-electron chi connectivity index (χ1n) is 9.19.